The van der Waals surface area contributed by atoms with Gasteiger partial charge in [-0.25, -0.2) is 8.42 Å². The third-order valence-electron chi connectivity index (χ3n) is 3.03. The molecule has 0 aromatic heterocycles. The lowest BCUT2D eigenvalue weighted by Crippen LogP contribution is -2.12. The minimum absolute atomic E-state index is 0.366. The van der Waals surface area contributed by atoms with Crippen LogP contribution in [0.1, 0.15) is 26.7 Å². The fourth-order valence-electron chi connectivity index (χ4n) is 1.66. The SMILES string of the molecule is CCC(CC)CNc1ccc(S(C)(=O)=O)cc1. The summed E-state index contributed by atoms with van der Waals surface area (Å²) in [5.74, 6) is 0.671. The van der Waals surface area contributed by atoms with Gasteiger partial charge in [-0.1, -0.05) is 26.7 Å². The molecule has 0 heterocycles. The van der Waals surface area contributed by atoms with Gasteiger partial charge in [0.05, 0.1) is 4.90 Å². The van der Waals surface area contributed by atoms with Crippen molar-refractivity contribution in [3.63, 3.8) is 0 Å². The van der Waals surface area contributed by atoms with Crippen LogP contribution in [-0.4, -0.2) is 21.2 Å². The van der Waals surface area contributed by atoms with Crippen LogP contribution in [0.15, 0.2) is 29.2 Å². The zero-order valence-corrected chi connectivity index (χ0v) is 11.5. The van der Waals surface area contributed by atoms with E-state index in [0.717, 1.165) is 25.1 Å². The third-order valence-corrected chi connectivity index (χ3v) is 4.16. The van der Waals surface area contributed by atoms with Crippen LogP contribution in [0.5, 0.6) is 0 Å². The first-order chi connectivity index (χ1) is 7.97. The molecule has 1 rings (SSSR count). The van der Waals surface area contributed by atoms with E-state index in [1.807, 2.05) is 12.1 Å². The Morgan fingerprint density at radius 3 is 2.06 bits per heavy atom. The highest BCUT2D eigenvalue weighted by atomic mass is 32.2. The number of sulfone groups is 1. The molecular weight excluding hydrogens is 234 g/mol. The van der Waals surface area contributed by atoms with Crippen LogP contribution in [0, 0.1) is 5.92 Å². The molecule has 1 aromatic rings. The molecule has 4 heteroatoms. The van der Waals surface area contributed by atoms with E-state index in [-0.39, 0.29) is 0 Å². The highest BCUT2D eigenvalue weighted by Crippen LogP contribution is 2.15. The predicted molar refractivity (Wildman–Crippen MR) is 72.1 cm³/mol. The standard InChI is InChI=1S/C13H21NO2S/c1-4-11(5-2)10-14-12-6-8-13(9-7-12)17(3,15)16/h6-9,11,14H,4-5,10H2,1-3H3. The molecule has 3 nitrogen and oxygen atoms in total. The lowest BCUT2D eigenvalue weighted by Gasteiger charge is -2.14. The Bertz CT molecular complexity index is 433. The number of nitrogens with one attached hydrogen (secondary N) is 1. The number of benzene rings is 1. The molecule has 0 amide bonds. The van der Waals surface area contributed by atoms with Gasteiger partial charge in [-0.05, 0) is 30.2 Å². The molecule has 0 spiro atoms. The van der Waals surface area contributed by atoms with Crippen molar-refractivity contribution in [1.29, 1.82) is 0 Å². The molecule has 0 saturated carbocycles. The van der Waals surface area contributed by atoms with E-state index in [1.54, 1.807) is 12.1 Å². The lowest BCUT2D eigenvalue weighted by molar-refractivity contribution is 0.519. The van der Waals surface area contributed by atoms with Crippen molar-refractivity contribution in [3.8, 4) is 0 Å². The van der Waals surface area contributed by atoms with Crippen LogP contribution >= 0.6 is 0 Å². The molecule has 1 N–H and O–H groups in total. The molecule has 0 radical (unpaired) electrons. The summed E-state index contributed by atoms with van der Waals surface area (Å²) in [5.41, 5.74) is 0.976. The summed E-state index contributed by atoms with van der Waals surface area (Å²) in [6.45, 7) is 5.30. The van der Waals surface area contributed by atoms with Gasteiger partial charge < -0.3 is 5.32 Å². The van der Waals surface area contributed by atoms with Gasteiger partial charge in [0.15, 0.2) is 9.84 Å². The molecule has 0 bridgehead atoms. The quantitative estimate of drug-likeness (QED) is 0.850. The van der Waals surface area contributed by atoms with E-state index >= 15 is 0 Å². The molecule has 0 unspecified atom stereocenters. The summed E-state index contributed by atoms with van der Waals surface area (Å²) in [4.78, 5) is 0.366. The maximum absolute atomic E-state index is 11.3. The Morgan fingerprint density at radius 1 is 1.12 bits per heavy atom. The van der Waals surface area contributed by atoms with Gasteiger partial charge in [0.25, 0.3) is 0 Å². The van der Waals surface area contributed by atoms with E-state index in [0.29, 0.717) is 10.8 Å². The summed E-state index contributed by atoms with van der Waals surface area (Å²) >= 11 is 0. The van der Waals surface area contributed by atoms with Crippen molar-refractivity contribution in [3.05, 3.63) is 24.3 Å². The Hall–Kier alpha value is -1.03. The van der Waals surface area contributed by atoms with Gasteiger partial charge in [0, 0.05) is 18.5 Å². The second-order valence-corrected chi connectivity index (χ2v) is 6.38. The zero-order valence-electron chi connectivity index (χ0n) is 10.7. The maximum Gasteiger partial charge on any atom is 0.175 e. The molecular formula is C13H21NO2S. The van der Waals surface area contributed by atoms with E-state index in [4.69, 9.17) is 0 Å². The second-order valence-electron chi connectivity index (χ2n) is 4.36. The number of anilines is 1. The van der Waals surface area contributed by atoms with Crippen molar-refractivity contribution in [2.75, 3.05) is 18.1 Å². The summed E-state index contributed by atoms with van der Waals surface area (Å²) in [6, 6.07) is 6.92. The Labute approximate surface area is 104 Å². The fourth-order valence-corrected chi connectivity index (χ4v) is 2.29. The van der Waals surface area contributed by atoms with Gasteiger partial charge in [0.1, 0.15) is 0 Å². The Balaban J connectivity index is 2.63. The predicted octanol–water partition coefficient (Wildman–Crippen LogP) is 2.94. The minimum Gasteiger partial charge on any atom is -0.385 e. The zero-order chi connectivity index (χ0) is 12.9. The van der Waals surface area contributed by atoms with Gasteiger partial charge in [-0.15, -0.1) is 0 Å². The first kappa shape index (κ1) is 14.0. The van der Waals surface area contributed by atoms with Crippen molar-refractivity contribution >= 4 is 15.5 Å². The monoisotopic (exact) mass is 255 g/mol. The van der Waals surface area contributed by atoms with Gasteiger partial charge in [-0.3, -0.25) is 0 Å². The van der Waals surface area contributed by atoms with Crippen LogP contribution in [0.3, 0.4) is 0 Å². The topological polar surface area (TPSA) is 46.2 Å². The first-order valence-corrected chi connectivity index (χ1v) is 7.90. The molecule has 0 fully saturated rings. The second kappa shape index (κ2) is 6.05. The van der Waals surface area contributed by atoms with E-state index in [1.165, 1.54) is 6.26 Å². The van der Waals surface area contributed by atoms with Crippen LogP contribution in [-0.2, 0) is 9.84 Å². The Kier molecular flexibility index (Phi) is 5.00. The largest absolute Gasteiger partial charge is 0.385 e. The van der Waals surface area contributed by atoms with E-state index in [2.05, 4.69) is 19.2 Å². The van der Waals surface area contributed by atoms with Gasteiger partial charge in [-0.2, -0.15) is 0 Å². The number of hydrogen-bond donors (Lipinski definition) is 1. The average molecular weight is 255 g/mol. The summed E-state index contributed by atoms with van der Waals surface area (Å²) < 4.78 is 22.6. The highest BCUT2D eigenvalue weighted by molar-refractivity contribution is 7.90. The molecule has 0 aliphatic rings. The van der Waals surface area contributed by atoms with Crippen LogP contribution in [0.4, 0.5) is 5.69 Å². The van der Waals surface area contributed by atoms with E-state index < -0.39 is 9.84 Å². The fraction of sp³-hybridized carbons (Fsp3) is 0.538. The normalized spacial score (nSPS) is 11.8. The van der Waals surface area contributed by atoms with Crippen LogP contribution in [0.25, 0.3) is 0 Å². The van der Waals surface area contributed by atoms with Crippen LogP contribution in [0.2, 0.25) is 0 Å². The first-order valence-electron chi connectivity index (χ1n) is 6.01. The lowest BCUT2D eigenvalue weighted by atomic mass is 10.0. The number of hydrogen-bond acceptors (Lipinski definition) is 3. The molecule has 0 atom stereocenters. The molecule has 0 aliphatic heterocycles. The molecule has 0 aliphatic carbocycles. The summed E-state index contributed by atoms with van der Waals surface area (Å²) in [5, 5.41) is 3.33. The van der Waals surface area contributed by atoms with Crippen molar-refractivity contribution in [1.82, 2.24) is 0 Å². The van der Waals surface area contributed by atoms with Crippen molar-refractivity contribution < 1.29 is 8.42 Å². The summed E-state index contributed by atoms with van der Waals surface area (Å²) in [6.07, 6.45) is 3.54. The van der Waals surface area contributed by atoms with Crippen LogP contribution < -0.4 is 5.32 Å². The molecule has 1 aromatic carbocycles. The minimum atomic E-state index is -3.09. The maximum atomic E-state index is 11.3. The van der Waals surface area contributed by atoms with Gasteiger partial charge in [0.2, 0.25) is 0 Å². The number of rotatable bonds is 6. The summed E-state index contributed by atoms with van der Waals surface area (Å²) in [7, 11) is -3.09. The molecule has 0 saturated heterocycles. The molecule has 17 heavy (non-hydrogen) atoms. The van der Waals surface area contributed by atoms with Gasteiger partial charge >= 0.3 is 0 Å². The third kappa shape index (κ3) is 4.38. The van der Waals surface area contributed by atoms with E-state index in [9.17, 15) is 8.42 Å². The van der Waals surface area contributed by atoms with Crippen molar-refractivity contribution in [2.45, 2.75) is 31.6 Å². The smallest absolute Gasteiger partial charge is 0.175 e. The highest BCUT2D eigenvalue weighted by Gasteiger charge is 2.06. The average Bonchev–Trinajstić information content (AvgIpc) is 2.30. The Morgan fingerprint density at radius 2 is 1.65 bits per heavy atom. The van der Waals surface area contributed by atoms with Crippen molar-refractivity contribution in [2.24, 2.45) is 5.92 Å². The molecule has 96 valence electrons.